The number of carbonyl (C=O) groups is 2. The minimum Gasteiger partial charge on any atom is -0.326 e. The van der Waals surface area contributed by atoms with Crippen LogP contribution in [0.25, 0.3) is 0 Å². The fourth-order valence-electron chi connectivity index (χ4n) is 3.03. The van der Waals surface area contributed by atoms with E-state index >= 15 is 0 Å². The van der Waals surface area contributed by atoms with E-state index in [1.807, 2.05) is 4.68 Å². The van der Waals surface area contributed by atoms with E-state index in [1.54, 1.807) is 36.9 Å². The molecule has 2 amide bonds. The summed E-state index contributed by atoms with van der Waals surface area (Å²) in [4.78, 5) is 29.5. The highest BCUT2D eigenvalue weighted by molar-refractivity contribution is 5.94. The first-order valence-electron chi connectivity index (χ1n) is 8.34. The predicted octanol–water partition coefficient (Wildman–Crippen LogP) is 1.51. The van der Waals surface area contributed by atoms with Crippen molar-refractivity contribution >= 4 is 23.2 Å². The number of hydrogen-bond acceptors (Lipinski definition) is 5. The SMILES string of the molecule is CC(=O)Nc1cccc(NC(=O)CN2CCC(n3cncn3)CC2)c1. The molecule has 8 nitrogen and oxygen atoms in total. The van der Waals surface area contributed by atoms with E-state index in [9.17, 15) is 9.59 Å². The predicted molar refractivity (Wildman–Crippen MR) is 94.1 cm³/mol. The molecule has 3 rings (SSSR count). The number of amides is 2. The fourth-order valence-corrected chi connectivity index (χ4v) is 3.03. The number of nitrogens with one attached hydrogen (secondary N) is 2. The number of hydrogen-bond donors (Lipinski definition) is 2. The highest BCUT2D eigenvalue weighted by atomic mass is 16.2. The van der Waals surface area contributed by atoms with Gasteiger partial charge in [0.05, 0.1) is 12.6 Å². The van der Waals surface area contributed by atoms with Crippen molar-refractivity contribution in [3.8, 4) is 0 Å². The van der Waals surface area contributed by atoms with Crippen LogP contribution in [0.15, 0.2) is 36.9 Å². The second-order valence-electron chi connectivity index (χ2n) is 6.19. The minimum atomic E-state index is -0.140. The zero-order valence-electron chi connectivity index (χ0n) is 14.2. The summed E-state index contributed by atoms with van der Waals surface area (Å²) in [5.74, 6) is -0.196. The largest absolute Gasteiger partial charge is 0.326 e. The van der Waals surface area contributed by atoms with E-state index in [0.717, 1.165) is 25.9 Å². The number of benzene rings is 1. The molecule has 2 N–H and O–H groups in total. The summed E-state index contributed by atoms with van der Waals surface area (Å²) in [6.07, 6.45) is 5.20. The molecule has 2 aromatic rings. The van der Waals surface area contributed by atoms with Gasteiger partial charge in [0.1, 0.15) is 12.7 Å². The topological polar surface area (TPSA) is 92.2 Å². The van der Waals surface area contributed by atoms with Crippen LogP contribution >= 0.6 is 0 Å². The van der Waals surface area contributed by atoms with Crippen LogP contribution in [-0.4, -0.2) is 51.1 Å². The number of aromatic nitrogens is 3. The number of nitrogens with zero attached hydrogens (tertiary/aromatic N) is 4. The lowest BCUT2D eigenvalue weighted by Crippen LogP contribution is -2.39. The van der Waals surface area contributed by atoms with Gasteiger partial charge in [-0.3, -0.25) is 14.5 Å². The Morgan fingerprint density at radius 1 is 1.20 bits per heavy atom. The summed E-state index contributed by atoms with van der Waals surface area (Å²) in [6.45, 7) is 3.51. The molecule has 132 valence electrons. The Balaban J connectivity index is 1.48. The zero-order chi connectivity index (χ0) is 17.6. The van der Waals surface area contributed by atoms with E-state index < -0.39 is 0 Å². The Morgan fingerprint density at radius 2 is 1.92 bits per heavy atom. The molecular formula is C17H22N6O2. The van der Waals surface area contributed by atoms with Crippen LogP contribution < -0.4 is 10.6 Å². The summed E-state index contributed by atoms with van der Waals surface area (Å²) >= 11 is 0. The average Bonchev–Trinajstić information content (AvgIpc) is 3.09. The highest BCUT2D eigenvalue weighted by Gasteiger charge is 2.22. The Morgan fingerprint density at radius 3 is 2.56 bits per heavy atom. The van der Waals surface area contributed by atoms with Crippen molar-refractivity contribution in [1.29, 1.82) is 0 Å². The van der Waals surface area contributed by atoms with Crippen molar-refractivity contribution in [2.45, 2.75) is 25.8 Å². The van der Waals surface area contributed by atoms with Gasteiger partial charge >= 0.3 is 0 Å². The van der Waals surface area contributed by atoms with Gasteiger partial charge < -0.3 is 10.6 Å². The molecule has 2 heterocycles. The lowest BCUT2D eigenvalue weighted by Gasteiger charge is -2.31. The molecule has 1 saturated heterocycles. The van der Waals surface area contributed by atoms with Gasteiger partial charge in [0.15, 0.2) is 0 Å². The van der Waals surface area contributed by atoms with Gasteiger partial charge in [0.2, 0.25) is 11.8 Å². The van der Waals surface area contributed by atoms with E-state index in [1.165, 1.54) is 6.92 Å². The molecule has 0 atom stereocenters. The van der Waals surface area contributed by atoms with Crippen molar-refractivity contribution < 1.29 is 9.59 Å². The fraction of sp³-hybridized carbons (Fsp3) is 0.412. The number of anilines is 2. The van der Waals surface area contributed by atoms with Crippen LogP contribution in [0.1, 0.15) is 25.8 Å². The number of carbonyl (C=O) groups excluding carboxylic acids is 2. The normalized spacial score (nSPS) is 15.7. The molecule has 1 aliphatic rings. The maximum Gasteiger partial charge on any atom is 0.238 e. The van der Waals surface area contributed by atoms with Gasteiger partial charge in [-0.1, -0.05) is 6.07 Å². The molecule has 0 spiro atoms. The third kappa shape index (κ3) is 4.87. The molecule has 0 aliphatic carbocycles. The van der Waals surface area contributed by atoms with E-state index in [-0.39, 0.29) is 11.8 Å². The van der Waals surface area contributed by atoms with Crippen LogP contribution in [0, 0.1) is 0 Å². The van der Waals surface area contributed by atoms with E-state index in [4.69, 9.17) is 0 Å². The Hall–Kier alpha value is -2.74. The third-order valence-electron chi connectivity index (χ3n) is 4.20. The molecule has 0 unspecified atom stereocenters. The molecule has 8 heteroatoms. The second kappa shape index (κ2) is 7.89. The molecule has 0 bridgehead atoms. The highest BCUT2D eigenvalue weighted by Crippen LogP contribution is 2.21. The summed E-state index contributed by atoms with van der Waals surface area (Å²) in [7, 11) is 0. The minimum absolute atomic E-state index is 0.0563. The molecule has 25 heavy (non-hydrogen) atoms. The van der Waals surface area contributed by atoms with Crippen molar-refractivity contribution in [2.24, 2.45) is 0 Å². The van der Waals surface area contributed by atoms with Crippen molar-refractivity contribution in [1.82, 2.24) is 19.7 Å². The molecule has 1 aliphatic heterocycles. The molecule has 0 saturated carbocycles. The molecule has 0 radical (unpaired) electrons. The lowest BCUT2D eigenvalue weighted by atomic mass is 10.1. The summed E-state index contributed by atoms with van der Waals surface area (Å²) in [5.41, 5.74) is 1.34. The summed E-state index contributed by atoms with van der Waals surface area (Å²) in [6, 6.07) is 7.49. The Labute approximate surface area is 146 Å². The van der Waals surface area contributed by atoms with Crippen LogP contribution in [-0.2, 0) is 9.59 Å². The van der Waals surface area contributed by atoms with Crippen molar-refractivity contribution in [2.75, 3.05) is 30.3 Å². The molecule has 1 aromatic heterocycles. The van der Waals surface area contributed by atoms with E-state index in [0.29, 0.717) is 24.0 Å². The summed E-state index contributed by atoms with van der Waals surface area (Å²) < 4.78 is 1.89. The van der Waals surface area contributed by atoms with Crippen LogP contribution in [0.4, 0.5) is 11.4 Å². The first-order chi connectivity index (χ1) is 12.1. The van der Waals surface area contributed by atoms with Crippen LogP contribution in [0.5, 0.6) is 0 Å². The second-order valence-corrected chi connectivity index (χ2v) is 6.19. The monoisotopic (exact) mass is 342 g/mol. The number of piperidine rings is 1. The van der Waals surface area contributed by atoms with Gasteiger partial charge in [-0.25, -0.2) is 9.67 Å². The van der Waals surface area contributed by atoms with Crippen LogP contribution in [0.2, 0.25) is 0 Å². The third-order valence-corrected chi connectivity index (χ3v) is 4.20. The van der Waals surface area contributed by atoms with Gasteiger partial charge in [-0.05, 0) is 31.0 Å². The smallest absolute Gasteiger partial charge is 0.238 e. The van der Waals surface area contributed by atoms with Crippen LogP contribution in [0.3, 0.4) is 0 Å². The maximum atomic E-state index is 12.3. The van der Waals surface area contributed by atoms with Gasteiger partial charge in [0, 0.05) is 31.4 Å². The van der Waals surface area contributed by atoms with Crippen molar-refractivity contribution in [3.63, 3.8) is 0 Å². The van der Waals surface area contributed by atoms with Gasteiger partial charge in [0.25, 0.3) is 0 Å². The standard InChI is InChI=1S/C17H22N6O2/c1-13(24)20-14-3-2-4-15(9-14)21-17(25)10-22-7-5-16(6-8-22)23-12-18-11-19-23/h2-4,9,11-12,16H,5-8,10H2,1H3,(H,20,24)(H,21,25). The average molecular weight is 342 g/mol. The molecule has 1 fully saturated rings. The van der Waals surface area contributed by atoms with Gasteiger partial charge in [-0.2, -0.15) is 5.10 Å². The Bertz CT molecular complexity index is 722. The Kier molecular flexibility index (Phi) is 5.39. The molecule has 1 aromatic carbocycles. The number of likely N-dealkylation sites (tertiary alicyclic amines) is 1. The first-order valence-corrected chi connectivity index (χ1v) is 8.34. The lowest BCUT2D eigenvalue weighted by molar-refractivity contribution is -0.117. The summed E-state index contributed by atoms with van der Waals surface area (Å²) in [5, 5.41) is 9.77. The molecular weight excluding hydrogens is 320 g/mol. The zero-order valence-corrected chi connectivity index (χ0v) is 14.2. The first kappa shape index (κ1) is 17.1. The quantitative estimate of drug-likeness (QED) is 0.859. The number of rotatable bonds is 5. The van der Waals surface area contributed by atoms with Crippen molar-refractivity contribution in [3.05, 3.63) is 36.9 Å². The van der Waals surface area contributed by atoms with Gasteiger partial charge in [-0.15, -0.1) is 0 Å². The van der Waals surface area contributed by atoms with E-state index in [2.05, 4.69) is 25.6 Å². The maximum absolute atomic E-state index is 12.3.